The maximum atomic E-state index is 3.83. The van der Waals surface area contributed by atoms with Gasteiger partial charge >= 0.3 is 0 Å². The van der Waals surface area contributed by atoms with E-state index in [9.17, 15) is 0 Å². The molecular formula is C10H16N2. The molecule has 2 nitrogen and oxygen atoms in total. The van der Waals surface area contributed by atoms with E-state index in [-0.39, 0.29) is 0 Å². The second-order valence-electron chi connectivity index (χ2n) is 2.42. The van der Waals surface area contributed by atoms with Crippen LogP contribution in [-0.4, -0.2) is 13.4 Å². The van der Waals surface area contributed by atoms with Crippen LogP contribution in [0, 0.1) is 0 Å². The summed E-state index contributed by atoms with van der Waals surface area (Å²) in [7, 11) is 1.72. The monoisotopic (exact) mass is 164 g/mol. The van der Waals surface area contributed by atoms with Crippen molar-refractivity contribution in [2.75, 3.05) is 7.05 Å². The molecule has 0 atom stereocenters. The molecule has 0 fully saturated rings. The minimum absolute atomic E-state index is 0.985. The van der Waals surface area contributed by atoms with Crippen LogP contribution >= 0.6 is 0 Å². The summed E-state index contributed by atoms with van der Waals surface area (Å²) < 4.78 is 0. The van der Waals surface area contributed by atoms with Gasteiger partial charge in [-0.05, 0) is 25.5 Å². The third-order valence-corrected chi connectivity index (χ3v) is 1.26. The summed E-state index contributed by atoms with van der Waals surface area (Å²) >= 11 is 0. The third kappa shape index (κ3) is 4.50. The number of hydrogen-bond donors (Lipinski definition) is 1. The summed E-state index contributed by atoms with van der Waals surface area (Å²) in [4.78, 5) is 3.82. The van der Waals surface area contributed by atoms with Gasteiger partial charge in [0.1, 0.15) is 0 Å². The molecule has 0 saturated heterocycles. The Morgan fingerprint density at radius 3 is 2.58 bits per heavy atom. The highest BCUT2D eigenvalue weighted by Crippen LogP contribution is 2.01. The van der Waals surface area contributed by atoms with Crippen LogP contribution < -0.4 is 5.32 Å². The maximum absolute atomic E-state index is 3.83. The Balaban J connectivity index is 4.32. The average Bonchev–Trinajstić information content (AvgIpc) is 2.04. The molecule has 2 heteroatoms. The molecule has 12 heavy (non-hydrogen) atoms. The first-order valence-electron chi connectivity index (χ1n) is 3.88. The topological polar surface area (TPSA) is 24.4 Å². The fourth-order valence-electron chi connectivity index (χ4n) is 0.640. The SMILES string of the molecule is C=C(C)/C(=C\C=C/C)NC=NC. The highest BCUT2D eigenvalue weighted by molar-refractivity contribution is 5.59. The van der Waals surface area contributed by atoms with Gasteiger partial charge in [0.15, 0.2) is 0 Å². The first-order valence-corrected chi connectivity index (χ1v) is 3.88. The van der Waals surface area contributed by atoms with Crippen molar-refractivity contribution in [1.82, 2.24) is 5.32 Å². The molecule has 0 rings (SSSR count). The Bertz CT molecular complexity index is 222. The minimum atomic E-state index is 0.985. The predicted molar refractivity (Wildman–Crippen MR) is 55.3 cm³/mol. The van der Waals surface area contributed by atoms with Crippen LogP contribution in [-0.2, 0) is 0 Å². The van der Waals surface area contributed by atoms with E-state index < -0.39 is 0 Å². The van der Waals surface area contributed by atoms with Crippen molar-refractivity contribution in [3.05, 3.63) is 36.1 Å². The van der Waals surface area contributed by atoms with Crippen LogP contribution in [0.1, 0.15) is 13.8 Å². The first-order chi connectivity index (χ1) is 5.72. The Morgan fingerprint density at radius 2 is 2.17 bits per heavy atom. The number of allylic oxidation sites excluding steroid dienone is 4. The van der Waals surface area contributed by atoms with Crippen LogP contribution in [0.4, 0.5) is 0 Å². The molecule has 0 aromatic heterocycles. The van der Waals surface area contributed by atoms with Gasteiger partial charge in [0.25, 0.3) is 0 Å². The zero-order valence-corrected chi connectivity index (χ0v) is 7.96. The van der Waals surface area contributed by atoms with E-state index in [1.807, 2.05) is 32.1 Å². The lowest BCUT2D eigenvalue weighted by atomic mass is 10.2. The lowest BCUT2D eigenvalue weighted by Crippen LogP contribution is -2.10. The number of hydrogen-bond acceptors (Lipinski definition) is 1. The lowest BCUT2D eigenvalue weighted by molar-refractivity contribution is 1.14. The number of aliphatic imine (C=N–C) groups is 1. The lowest BCUT2D eigenvalue weighted by Gasteiger charge is -2.03. The van der Waals surface area contributed by atoms with Crippen LogP contribution in [0.2, 0.25) is 0 Å². The van der Waals surface area contributed by atoms with Gasteiger partial charge in [-0.1, -0.05) is 18.7 Å². The fraction of sp³-hybridized carbons (Fsp3) is 0.300. The van der Waals surface area contributed by atoms with Gasteiger partial charge in [-0.2, -0.15) is 0 Å². The van der Waals surface area contributed by atoms with Gasteiger partial charge in [-0.3, -0.25) is 4.99 Å². The van der Waals surface area contributed by atoms with Crippen LogP contribution in [0.5, 0.6) is 0 Å². The molecular weight excluding hydrogens is 148 g/mol. The summed E-state index contributed by atoms with van der Waals surface area (Å²) in [6.07, 6.45) is 7.53. The third-order valence-electron chi connectivity index (χ3n) is 1.26. The number of nitrogens with one attached hydrogen (secondary N) is 1. The molecule has 0 aliphatic carbocycles. The van der Waals surface area contributed by atoms with E-state index >= 15 is 0 Å². The van der Waals surface area contributed by atoms with E-state index in [1.165, 1.54) is 0 Å². The van der Waals surface area contributed by atoms with Crippen molar-refractivity contribution in [1.29, 1.82) is 0 Å². The van der Waals surface area contributed by atoms with E-state index in [0.29, 0.717) is 0 Å². The predicted octanol–water partition coefficient (Wildman–Crippen LogP) is 2.27. The molecule has 0 aromatic carbocycles. The Kier molecular flexibility index (Phi) is 5.70. The normalized spacial score (nSPS) is 12.8. The molecule has 66 valence electrons. The van der Waals surface area contributed by atoms with Crippen molar-refractivity contribution in [2.24, 2.45) is 4.99 Å². The average molecular weight is 164 g/mol. The summed E-state index contributed by atoms with van der Waals surface area (Å²) in [6.45, 7) is 7.76. The highest BCUT2D eigenvalue weighted by atomic mass is 14.9. The van der Waals surface area contributed by atoms with E-state index in [2.05, 4.69) is 16.9 Å². The fourth-order valence-corrected chi connectivity index (χ4v) is 0.640. The molecule has 0 saturated carbocycles. The van der Waals surface area contributed by atoms with E-state index in [0.717, 1.165) is 11.3 Å². The summed E-state index contributed by atoms with van der Waals surface area (Å²) in [5.41, 5.74) is 1.98. The number of nitrogens with zero attached hydrogens (tertiary/aromatic N) is 1. The second-order valence-corrected chi connectivity index (χ2v) is 2.42. The zero-order valence-electron chi connectivity index (χ0n) is 7.96. The van der Waals surface area contributed by atoms with Crippen molar-refractivity contribution >= 4 is 6.34 Å². The van der Waals surface area contributed by atoms with Crippen LogP contribution in [0.15, 0.2) is 41.1 Å². The highest BCUT2D eigenvalue weighted by Gasteiger charge is 1.91. The Morgan fingerprint density at radius 1 is 1.50 bits per heavy atom. The molecule has 1 N–H and O–H groups in total. The van der Waals surface area contributed by atoms with Gasteiger partial charge in [-0.25, -0.2) is 0 Å². The summed E-state index contributed by atoms with van der Waals surface area (Å²) in [6, 6.07) is 0. The molecule has 0 bridgehead atoms. The standard InChI is InChI=1S/C10H16N2/c1-5-6-7-10(9(2)3)12-8-11-4/h5-8H,2H2,1,3-4H3,(H,11,12)/b6-5-,10-7+. The van der Waals surface area contributed by atoms with Crippen LogP contribution in [0.25, 0.3) is 0 Å². The minimum Gasteiger partial charge on any atom is -0.347 e. The van der Waals surface area contributed by atoms with Gasteiger partial charge in [0.2, 0.25) is 0 Å². The van der Waals surface area contributed by atoms with Crippen LogP contribution in [0.3, 0.4) is 0 Å². The zero-order chi connectivity index (χ0) is 9.40. The summed E-state index contributed by atoms with van der Waals surface area (Å²) in [5, 5.41) is 3.02. The molecule has 0 spiro atoms. The van der Waals surface area contributed by atoms with Crippen molar-refractivity contribution in [3.63, 3.8) is 0 Å². The largest absolute Gasteiger partial charge is 0.347 e. The van der Waals surface area contributed by atoms with E-state index in [1.54, 1.807) is 13.4 Å². The van der Waals surface area contributed by atoms with Crippen molar-refractivity contribution in [3.8, 4) is 0 Å². The second kappa shape index (κ2) is 6.40. The quantitative estimate of drug-likeness (QED) is 0.385. The van der Waals surface area contributed by atoms with Gasteiger partial charge in [-0.15, -0.1) is 0 Å². The molecule has 0 radical (unpaired) electrons. The molecule has 0 aliphatic rings. The Hall–Kier alpha value is -1.31. The van der Waals surface area contributed by atoms with Crippen molar-refractivity contribution in [2.45, 2.75) is 13.8 Å². The van der Waals surface area contributed by atoms with Gasteiger partial charge in [0, 0.05) is 12.7 Å². The molecule has 0 aromatic rings. The number of rotatable bonds is 4. The molecule has 0 aliphatic heterocycles. The smallest absolute Gasteiger partial charge is 0.0864 e. The Labute approximate surface area is 74.4 Å². The molecule has 0 unspecified atom stereocenters. The van der Waals surface area contributed by atoms with Gasteiger partial charge in [0.05, 0.1) is 6.34 Å². The van der Waals surface area contributed by atoms with E-state index in [4.69, 9.17) is 0 Å². The molecule has 0 amide bonds. The van der Waals surface area contributed by atoms with Gasteiger partial charge < -0.3 is 5.32 Å². The summed E-state index contributed by atoms with van der Waals surface area (Å²) in [5.74, 6) is 0. The first kappa shape index (κ1) is 10.7. The maximum Gasteiger partial charge on any atom is 0.0864 e. The van der Waals surface area contributed by atoms with Crippen molar-refractivity contribution < 1.29 is 0 Å². The molecule has 0 heterocycles.